The average molecular weight is 324 g/mol. The lowest BCUT2D eigenvalue weighted by Crippen LogP contribution is -2.27. The summed E-state index contributed by atoms with van der Waals surface area (Å²) in [6.45, 7) is 0. The van der Waals surface area contributed by atoms with E-state index in [4.69, 9.17) is 17.4 Å². The first kappa shape index (κ1) is 14.2. The Morgan fingerprint density at radius 2 is 2.29 bits per heavy atom. The Morgan fingerprint density at radius 1 is 1.48 bits per heavy atom. The molecule has 1 aliphatic carbocycles. The van der Waals surface area contributed by atoms with Crippen molar-refractivity contribution in [2.45, 2.75) is 24.0 Å². The summed E-state index contributed by atoms with van der Waals surface area (Å²) in [4.78, 5) is 11.7. The number of carbonyl (C=O) groups excluding carboxylic acids is 1. The van der Waals surface area contributed by atoms with Crippen molar-refractivity contribution in [1.29, 1.82) is 0 Å². The number of nitrogens with one attached hydrogen (secondary N) is 1. The van der Waals surface area contributed by atoms with E-state index in [0.29, 0.717) is 22.0 Å². The molecule has 1 heterocycles. The van der Waals surface area contributed by atoms with E-state index in [9.17, 15) is 4.79 Å². The van der Waals surface area contributed by atoms with Gasteiger partial charge in [0.25, 0.3) is 0 Å². The minimum atomic E-state index is -0.00481. The molecular weight excluding hydrogens is 310 g/mol. The van der Waals surface area contributed by atoms with Crippen LogP contribution in [0.25, 0.3) is 11.4 Å². The second kappa shape index (κ2) is 5.95. The van der Waals surface area contributed by atoms with Gasteiger partial charge in [-0.1, -0.05) is 35.5 Å². The van der Waals surface area contributed by atoms with Crippen LogP contribution in [0.15, 0.2) is 29.4 Å². The first-order chi connectivity index (χ1) is 10.1. The molecule has 0 unspecified atom stereocenters. The molecule has 1 amide bonds. The summed E-state index contributed by atoms with van der Waals surface area (Å²) < 4.78 is 1.38. The Balaban J connectivity index is 1.68. The summed E-state index contributed by atoms with van der Waals surface area (Å²) in [6.07, 6.45) is 2.14. The zero-order valence-electron chi connectivity index (χ0n) is 11.1. The number of hydrogen-bond donors (Lipinski definition) is 2. The highest BCUT2D eigenvalue weighted by Crippen LogP contribution is 2.24. The molecule has 1 fully saturated rings. The third kappa shape index (κ3) is 3.48. The van der Waals surface area contributed by atoms with E-state index < -0.39 is 0 Å². The molecule has 1 saturated carbocycles. The number of benzene rings is 1. The number of nitrogens with zero attached hydrogens (tertiary/aromatic N) is 3. The minimum absolute atomic E-state index is 0.00481. The van der Waals surface area contributed by atoms with Gasteiger partial charge in [-0.15, -0.1) is 10.2 Å². The second-order valence-electron chi connectivity index (χ2n) is 4.82. The van der Waals surface area contributed by atoms with Crippen LogP contribution < -0.4 is 11.2 Å². The molecule has 6 nitrogen and oxygen atoms in total. The van der Waals surface area contributed by atoms with Crippen molar-refractivity contribution in [2.75, 3.05) is 11.6 Å². The molecule has 8 heteroatoms. The van der Waals surface area contributed by atoms with Gasteiger partial charge in [-0.05, 0) is 25.0 Å². The largest absolute Gasteiger partial charge is 0.353 e. The first-order valence-corrected chi connectivity index (χ1v) is 7.88. The van der Waals surface area contributed by atoms with Crippen LogP contribution >= 0.6 is 23.4 Å². The number of hydrogen-bond acceptors (Lipinski definition) is 5. The predicted molar refractivity (Wildman–Crippen MR) is 82.5 cm³/mol. The number of thioether (sulfide) groups is 1. The minimum Gasteiger partial charge on any atom is -0.353 e. The third-order valence-electron chi connectivity index (χ3n) is 3.02. The summed E-state index contributed by atoms with van der Waals surface area (Å²) in [6, 6.07) is 7.58. The molecular formula is C13H14ClN5OS. The monoisotopic (exact) mass is 323 g/mol. The second-order valence-corrected chi connectivity index (χ2v) is 6.20. The molecule has 0 bridgehead atoms. The maximum Gasteiger partial charge on any atom is 0.230 e. The number of nitrogen functional groups attached to an aromatic ring is 1. The highest BCUT2D eigenvalue weighted by molar-refractivity contribution is 7.99. The lowest BCUT2D eigenvalue weighted by atomic mass is 10.2. The van der Waals surface area contributed by atoms with E-state index in [-0.39, 0.29) is 11.7 Å². The van der Waals surface area contributed by atoms with Crippen LogP contribution in [0.1, 0.15) is 12.8 Å². The standard InChI is InChI=1S/C13H14ClN5OS/c14-9-3-1-2-8(6-9)12-17-18-13(19(12)15)21-7-11(20)16-10-4-5-10/h1-3,6,10H,4-5,7,15H2,(H,16,20). The molecule has 3 N–H and O–H groups in total. The number of aromatic nitrogens is 3. The molecule has 1 aromatic heterocycles. The number of halogens is 1. The van der Waals surface area contributed by atoms with Gasteiger partial charge in [-0.2, -0.15) is 0 Å². The third-order valence-corrected chi connectivity index (χ3v) is 4.20. The van der Waals surface area contributed by atoms with E-state index in [0.717, 1.165) is 18.4 Å². The summed E-state index contributed by atoms with van der Waals surface area (Å²) in [5, 5.41) is 12.1. The van der Waals surface area contributed by atoms with E-state index in [1.54, 1.807) is 12.1 Å². The fraction of sp³-hybridized carbons (Fsp3) is 0.308. The topological polar surface area (TPSA) is 85.8 Å². The molecule has 21 heavy (non-hydrogen) atoms. The Hall–Kier alpha value is -1.73. The van der Waals surface area contributed by atoms with Crippen LogP contribution in [0.4, 0.5) is 0 Å². The van der Waals surface area contributed by atoms with Gasteiger partial charge in [0.2, 0.25) is 11.1 Å². The Bertz CT molecular complexity index is 670. The van der Waals surface area contributed by atoms with Crippen molar-refractivity contribution in [3.05, 3.63) is 29.3 Å². The summed E-state index contributed by atoms with van der Waals surface area (Å²) in [5.74, 6) is 6.77. The van der Waals surface area contributed by atoms with E-state index in [2.05, 4.69) is 15.5 Å². The Kier molecular flexibility index (Phi) is 4.03. The summed E-state index contributed by atoms with van der Waals surface area (Å²) in [5.41, 5.74) is 0.784. The lowest BCUT2D eigenvalue weighted by molar-refractivity contribution is -0.118. The van der Waals surface area contributed by atoms with Gasteiger partial charge in [0.05, 0.1) is 5.75 Å². The maximum absolute atomic E-state index is 11.7. The number of amides is 1. The predicted octanol–water partition coefficient (Wildman–Crippen LogP) is 1.68. The summed E-state index contributed by atoms with van der Waals surface area (Å²) >= 11 is 7.22. The Labute approximate surface area is 131 Å². The van der Waals surface area contributed by atoms with Crippen LogP contribution in [0, 0.1) is 0 Å². The highest BCUT2D eigenvalue weighted by Gasteiger charge is 2.23. The highest BCUT2D eigenvalue weighted by atomic mass is 35.5. The fourth-order valence-corrected chi connectivity index (χ4v) is 2.68. The van der Waals surface area contributed by atoms with Gasteiger partial charge in [-0.3, -0.25) is 4.79 Å². The van der Waals surface area contributed by atoms with Crippen molar-refractivity contribution in [1.82, 2.24) is 20.2 Å². The molecule has 1 aromatic carbocycles. The molecule has 2 aromatic rings. The molecule has 0 atom stereocenters. The van der Waals surface area contributed by atoms with Crippen LogP contribution in [0.3, 0.4) is 0 Å². The van der Waals surface area contributed by atoms with Crippen molar-refractivity contribution < 1.29 is 4.79 Å². The molecule has 110 valence electrons. The van der Waals surface area contributed by atoms with E-state index in [1.165, 1.54) is 16.4 Å². The molecule has 0 spiro atoms. The van der Waals surface area contributed by atoms with Gasteiger partial charge >= 0.3 is 0 Å². The zero-order chi connectivity index (χ0) is 14.8. The first-order valence-electron chi connectivity index (χ1n) is 6.52. The van der Waals surface area contributed by atoms with Crippen molar-refractivity contribution >= 4 is 29.3 Å². The van der Waals surface area contributed by atoms with E-state index in [1.807, 2.05) is 12.1 Å². The number of rotatable bonds is 5. The van der Waals surface area contributed by atoms with Crippen LogP contribution in [0.5, 0.6) is 0 Å². The Morgan fingerprint density at radius 3 is 3.00 bits per heavy atom. The van der Waals surface area contributed by atoms with Gasteiger partial charge < -0.3 is 11.2 Å². The van der Waals surface area contributed by atoms with Crippen LogP contribution in [-0.2, 0) is 4.79 Å². The molecule has 0 saturated heterocycles. The van der Waals surface area contributed by atoms with Crippen molar-refractivity contribution in [3.8, 4) is 11.4 Å². The molecule has 0 aliphatic heterocycles. The van der Waals surface area contributed by atoms with Gasteiger partial charge in [0.1, 0.15) is 0 Å². The summed E-state index contributed by atoms with van der Waals surface area (Å²) in [7, 11) is 0. The molecule has 1 aliphatic rings. The van der Waals surface area contributed by atoms with Crippen LogP contribution in [0.2, 0.25) is 5.02 Å². The van der Waals surface area contributed by atoms with Gasteiger partial charge in [0.15, 0.2) is 5.82 Å². The van der Waals surface area contributed by atoms with Crippen LogP contribution in [-0.4, -0.2) is 32.6 Å². The molecule has 0 radical (unpaired) electrons. The van der Waals surface area contributed by atoms with Crippen molar-refractivity contribution in [3.63, 3.8) is 0 Å². The number of nitrogens with two attached hydrogens (primary N) is 1. The SMILES string of the molecule is Nn1c(SCC(=O)NC2CC2)nnc1-c1cccc(Cl)c1. The van der Waals surface area contributed by atoms with E-state index >= 15 is 0 Å². The number of carbonyl (C=O) groups is 1. The average Bonchev–Trinajstić information content (AvgIpc) is 3.18. The fourth-order valence-electron chi connectivity index (χ4n) is 1.83. The lowest BCUT2D eigenvalue weighted by Gasteiger charge is -2.04. The normalized spacial score (nSPS) is 14.1. The smallest absolute Gasteiger partial charge is 0.230 e. The van der Waals surface area contributed by atoms with Gasteiger partial charge in [-0.25, -0.2) is 4.68 Å². The van der Waals surface area contributed by atoms with Gasteiger partial charge in [0, 0.05) is 16.6 Å². The quantitative estimate of drug-likeness (QED) is 0.646. The molecule has 3 rings (SSSR count). The van der Waals surface area contributed by atoms with Crippen molar-refractivity contribution in [2.24, 2.45) is 0 Å². The zero-order valence-corrected chi connectivity index (χ0v) is 12.7. The maximum atomic E-state index is 11.7.